The molecule has 2 rings (SSSR count). The van der Waals surface area contributed by atoms with E-state index in [0.29, 0.717) is 18.0 Å². The van der Waals surface area contributed by atoms with Gasteiger partial charge in [-0.15, -0.1) is 0 Å². The van der Waals surface area contributed by atoms with Crippen LogP contribution in [0.5, 0.6) is 5.75 Å². The maximum Gasteiger partial charge on any atom is 0.244 e. The number of nitrogens with zero attached hydrogens (tertiary/aromatic N) is 2. The molecule has 1 aromatic carbocycles. The third-order valence-corrected chi connectivity index (χ3v) is 5.37. The minimum absolute atomic E-state index is 0.226. The van der Waals surface area contributed by atoms with E-state index in [9.17, 15) is 8.42 Å². The first-order valence-corrected chi connectivity index (χ1v) is 8.96. The van der Waals surface area contributed by atoms with Crippen LogP contribution in [0.1, 0.15) is 29.4 Å². The number of sulfonamides is 1. The number of hydrogen-bond acceptors (Lipinski definition) is 4. The van der Waals surface area contributed by atoms with Gasteiger partial charge in [-0.2, -0.15) is 5.10 Å². The summed E-state index contributed by atoms with van der Waals surface area (Å²) in [6.07, 6.45) is 0. The Labute approximate surface area is 137 Å². The standard InChI is InChI=1S/C16H23N3O3S/c1-6-22-15-8-7-14(9-11(15)2)10-17-23(20,21)16-12(3)18-19(5)13(16)4/h7-9,17H,6,10H2,1-5H3. The van der Waals surface area contributed by atoms with E-state index in [0.717, 1.165) is 16.9 Å². The molecule has 0 spiro atoms. The molecule has 0 aliphatic rings. The lowest BCUT2D eigenvalue weighted by molar-refractivity contribution is 0.338. The van der Waals surface area contributed by atoms with Crippen molar-refractivity contribution in [1.29, 1.82) is 0 Å². The highest BCUT2D eigenvalue weighted by molar-refractivity contribution is 7.89. The van der Waals surface area contributed by atoms with Gasteiger partial charge in [0.25, 0.3) is 0 Å². The van der Waals surface area contributed by atoms with Crippen molar-refractivity contribution in [3.8, 4) is 5.75 Å². The van der Waals surface area contributed by atoms with E-state index in [1.54, 1.807) is 25.6 Å². The maximum atomic E-state index is 12.5. The Balaban J connectivity index is 2.18. The SMILES string of the molecule is CCOc1ccc(CNS(=O)(=O)c2c(C)nn(C)c2C)cc1C. The van der Waals surface area contributed by atoms with Crippen molar-refractivity contribution in [3.63, 3.8) is 0 Å². The van der Waals surface area contributed by atoms with Crippen LogP contribution in [0.4, 0.5) is 0 Å². The average molecular weight is 337 g/mol. The van der Waals surface area contributed by atoms with E-state index in [4.69, 9.17) is 4.74 Å². The van der Waals surface area contributed by atoms with Crippen molar-refractivity contribution < 1.29 is 13.2 Å². The van der Waals surface area contributed by atoms with Gasteiger partial charge >= 0.3 is 0 Å². The lowest BCUT2D eigenvalue weighted by Gasteiger charge is -2.10. The molecule has 7 heteroatoms. The molecular formula is C16H23N3O3S. The number of aromatic nitrogens is 2. The van der Waals surface area contributed by atoms with E-state index in [1.165, 1.54) is 0 Å². The zero-order valence-corrected chi connectivity index (χ0v) is 15.0. The molecule has 6 nitrogen and oxygen atoms in total. The number of rotatable bonds is 6. The Morgan fingerprint density at radius 2 is 1.96 bits per heavy atom. The van der Waals surface area contributed by atoms with Gasteiger partial charge in [-0.05, 0) is 44.9 Å². The number of ether oxygens (including phenoxy) is 1. The zero-order chi connectivity index (χ0) is 17.2. The van der Waals surface area contributed by atoms with Crippen molar-refractivity contribution in [1.82, 2.24) is 14.5 Å². The van der Waals surface area contributed by atoms with Gasteiger partial charge in [-0.1, -0.05) is 12.1 Å². The molecule has 0 amide bonds. The molecule has 0 bridgehead atoms. The Morgan fingerprint density at radius 1 is 1.26 bits per heavy atom. The lowest BCUT2D eigenvalue weighted by atomic mass is 10.1. The Hall–Kier alpha value is -1.86. The van der Waals surface area contributed by atoms with Crippen LogP contribution < -0.4 is 9.46 Å². The van der Waals surface area contributed by atoms with E-state index < -0.39 is 10.0 Å². The summed E-state index contributed by atoms with van der Waals surface area (Å²) >= 11 is 0. The van der Waals surface area contributed by atoms with Gasteiger partial charge in [0.15, 0.2) is 0 Å². The highest BCUT2D eigenvalue weighted by Crippen LogP contribution is 2.21. The summed E-state index contributed by atoms with van der Waals surface area (Å²) in [6, 6.07) is 5.66. The quantitative estimate of drug-likeness (QED) is 0.877. The molecular weight excluding hydrogens is 314 g/mol. The van der Waals surface area contributed by atoms with E-state index >= 15 is 0 Å². The minimum atomic E-state index is -3.60. The van der Waals surface area contributed by atoms with E-state index in [1.807, 2.05) is 32.0 Å². The van der Waals surface area contributed by atoms with Crippen LogP contribution in [0.2, 0.25) is 0 Å². The predicted molar refractivity (Wildman–Crippen MR) is 89.1 cm³/mol. The second-order valence-corrected chi connectivity index (χ2v) is 7.18. The molecule has 0 fully saturated rings. The summed E-state index contributed by atoms with van der Waals surface area (Å²) in [5.41, 5.74) is 2.99. The molecule has 0 aliphatic heterocycles. The molecule has 0 unspecified atom stereocenters. The molecule has 1 N–H and O–H groups in total. The number of aryl methyl sites for hydroxylation is 3. The van der Waals surface area contributed by atoms with Gasteiger partial charge < -0.3 is 4.74 Å². The molecule has 0 radical (unpaired) electrons. The second-order valence-electron chi connectivity index (χ2n) is 5.48. The van der Waals surface area contributed by atoms with Crippen molar-refractivity contribution in [2.24, 2.45) is 7.05 Å². The van der Waals surface area contributed by atoms with Crippen molar-refractivity contribution >= 4 is 10.0 Å². The average Bonchev–Trinajstić information content (AvgIpc) is 2.73. The van der Waals surface area contributed by atoms with Crippen LogP contribution in [-0.4, -0.2) is 24.8 Å². The van der Waals surface area contributed by atoms with Crippen LogP contribution in [0.15, 0.2) is 23.1 Å². The van der Waals surface area contributed by atoms with Crippen molar-refractivity contribution in [2.75, 3.05) is 6.61 Å². The highest BCUT2D eigenvalue weighted by atomic mass is 32.2. The Bertz CT molecular complexity index is 810. The third-order valence-electron chi connectivity index (χ3n) is 3.72. The van der Waals surface area contributed by atoms with Gasteiger partial charge in [-0.3, -0.25) is 4.68 Å². The molecule has 1 aromatic heterocycles. The molecule has 0 saturated heterocycles. The summed E-state index contributed by atoms with van der Waals surface area (Å²) in [7, 11) is -1.86. The fourth-order valence-electron chi connectivity index (χ4n) is 2.53. The van der Waals surface area contributed by atoms with Gasteiger partial charge in [0.1, 0.15) is 10.6 Å². The summed E-state index contributed by atoms with van der Waals surface area (Å²) in [4.78, 5) is 0.252. The minimum Gasteiger partial charge on any atom is -0.494 e. The molecule has 2 aromatic rings. The summed E-state index contributed by atoms with van der Waals surface area (Å²) < 4.78 is 34.8. The van der Waals surface area contributed by atoms with Crippen LogP contribution in [-0.2, 0) is 23.6 Å². The maximum absolute atomic E-state index is 12.5. The van der Waals surface area contributed by atoms with Gasteiger partial charge in [0.2, 0.25) is 10.0 Å². The lowest BCUT2D eigenvalue weighted by Crippen LogP contribution is -2.24. The molecule has 1 heterocycles. The highest BCUT2D eigenvalue weighted by Gasteiger charge is 2.23. The number of nitrogens with one attached hydrogen (secondary N) is 1. The first kappa shape index (κ1) is 17.5. The Morgan fingerprint density at radius 3 is 2.48 bits per heavy atom. The van der Waals surface area contributed by atoms with Gasteiger partial charge in [-0.25, -0.2) is 13.1 Å². The second kappa shape index (κ2) is 6.72. The number of hydrogen-bond donors (Lipinski definition) is 1. The molecule has 0 saturated carbocycles. The topological polar surface area (TPSA) is 73.2 Å². The molecule has 23 heavy (non-hydrogen) atoms. The van der Waals surface area contributed by atoms with Gasteiger partial charge in [0, 0.05) is 13.6 Å². The van der Waals surface area contributed by atoms with Crippen LogP contribution in [0.25, 0.3) is 0 Å². The smallest absolute Gasteiger partial charge is 0.244 e. The van der Waals surface area contributed by atoms with Crippen molar-refractivity contribution in [2.45, 2.75) is 39.1 Å². The summed E-state index contributed by atoms with van der Waals surface area (Å²) in [5, 5.41) is 4.16. The first-order chi connectivity index (χ1) is 10.8. The normalized spacial score (nSPS) is 11.7. The molecule has 0 aliphatic carbocycles. The monoisotopic (exact) mass is 337 g/mol. The first-order valence-electron chi connectivity index (χ1n) is 7.48. The van der Waals surface area contributed by atoms with Gasteiger partial charge in [0.05, 0.1) is 18.0 Å². The van der Waals surface area contributed by atoms with Crippen LogP contribution >= 0.6 is 0 Å². The molecule has 126 valence electrons. The summed E-state index contributed by atoms with van der Waals surface area (Å²) in [6.45, 7) is 8.15. The largest absolute Gasteiger partial charge is 0.494 e. The molecule has 0 atom stereocenters. The van der Waals surface area contributed by atoms with Crippen molar-refractivity contribution in [3.05, 3.63) is 40.7 Å². The third kappa shape index (κ3) is 3.73. The fourth-order valence-corrected chi connectivity index (χ4v) is 3.98. The fraction of sp³-hybridized carbons (Fsp3) is 0.438. The van der Waals surface area contributed by atoms with E-state index in [2.05, 4.69) is 9.82 Å². The number of benzene rings is 1. The summed E-state index contributed by atoms with van der Waals surface area (Å²) in [5.74, 6) is 0.818. The Kier molecular flexibility index (Phi) is 5.11. The van der Waals surface area contributed by atoms with Crippen LogP contribution in [0.3, 0.4) is 0 Å². The van der Waals surface area contributed by atoms with E-state index in [-0.39, 0.29) is 11.4 Å². The zero-order valence-electron chi connectivity index (χ0n) is 14.2. The van der Waals surface area contributed by atoms with Crippen LogP contribution in [0, 0.1) is 20.8 Å². The predicted octanol–water partition coefficient (Wildman–Crippen LogP) is 2.22.